The standard InChI is InChI=1S/C23H22N2O2S/c1-2-17-11-13-18(14-12-17)27-16-15-24-23(26)25-19-7-3-5-9-21(19)28-22-10-6-4-8-20(22)25/h3-14H,2,15-16H2,1H3,(H,24,26). The molecular formula is C23H22N2O2S. The van der Waals surface area contributed by atoms with E-state index in [-0.39, 0.29) is 6.03 Å². The van der Waals surface area contributed by atoms with Crippen molar-refractivity contribution in [3.8, 4) is 5.75 Å². The maximum Gasteiger partial charge on any atom is 0.326 e. The van der Waals surface area contributed by atoms with Crippen LogP contribution >= 0.6 is 11.8 Å². The molecule has 0 atom stereocenters. The van der Waals surface area contributed by atoms with Crippen LogP contribution in [0.5, 0.6) is 5.75 Å². The van der Waals surface area contributed by atoms with Gasteiger partial charge in [0.15, 0.2) is 0 Å². The highest BCUT2D eigenvalue weighted by atomic mass is 32.2. The van der Waals surface area contributed by atoms with Gasteiger partial charge in [0.05, 0.1) is 17.9 Å². The van der Waals surface area contributed by atoms with Crippen molar-refractivity contribution >= 4 is 29.2 Å². The van der Waals surface area contributed by atoms with Gasteiger partial charge in [0.1, 0.15) is 12.4 Å². The van der Waals surface area contributed by atoms with Crippen molar-refractivity contribution in [1.82, 2.24) is 5.32 Å². The van der Waals surface area contributed by atoms with Crippen LogP contribution in [0.15, 0.2) is 82.6 Å². The number of carbonyl (C=O) groups is 1. The van der Waals surface area contributed by atoms with Gasteiger partial charge in [-0.3, -0.25) is 4.90 Å². The fourth-order valence-electron chi connectivity index (χ4n) is 3.15. The summed E-state index contributed by atoms with van der Waals surface area (Å²) in [5.74, 6) is 0.816. The number of nitrogens with one attached hydrogen (secondary N) is 1. The Morgan fingerprint density at radius 1 is 0.929 bits per heavy atom. The van der Waals surface area contributed by atoms with E-state index in [9.17, 15) is 4.79 Å². The molecule has 142 valence electrons. The fraction of sp³-hybridized carbons (Fsp3) is 0.174. The Balaban J connectivity index is 1.42. The quantitative estimate of drug-likeness (QED) is 0.573. The molecule has 0 saturated carbocycles. The van der Waals surface area contributed by atoms with Crippen LogP contribution in [0.25, 0.3) is 0 Å². The zero-order valence-electron chi connectivity index (χ0n) is 15.7. The highest BCUT2D eigenvalue weighted by Crippen LogP contribution is 2.47. The first-order valence-electron chi connectivity index (χ1n) is 9.42. The van der Waals surface area contributed by atoms with Gasteiger partial charge in [0, 0.05) is 9.79 Å². The second kappa shape index (κ2) is 8.40. The number of fused-ring (bicyclic) bond motifs is 2. The molecule has 0 saturated heterocycles. The number of anilines is 2. The highest BCUT2D eigenvalue weighted by molar-refractivity contribution is 7.99. The van der Waals surface area contributed by atoms with Crippen LogP contribution in [0, 0.1) is 0 Å². The molecule has 1 aliphatic rings. The lowest BCUT2D eigenvalue weighted by Crippen LogP contribution is -2.40. The van der Waals surface area contributed by atoms with Crippen molar-refractivity contribution in [1.29, 1.82) is 0 Å². The molecule has 0 fully saturated rings. The molecule has 1 heterocycles. The lowest BCUT2D eigenvalue weighted by molar-refractivity contribution is 0.243. The first kappa shape index (κ1) is 18.4. The summed E-state index contributed by atoms with van der Waals surface area (Å²) in [6.07, 6.45) is 1.01. The van der Waals surface area contributed by atoms with Crippen molar-refractivity contribution < 1.29 is 9.53 Å². The van der Waals surface area contributed by atoms with Gasteiger partial charge in [0.2, 0.25) is 0 Å². The monoisotopic (exact) mass is 390 g/mol. The van der Waals surface area contributed by atoms with Crippen molar-refractivity contribution in [2.45, 2.75) is 23.1 Å². The molecule has 0 aliphatic carbocycles. The van der Waals surface area contributed by atoms with E-state index in [1.807, 2.05) is 60.7 Å². The topological polar surface area (TPSA) is 41.6 Å². The molecule has 5 heteroatoms. The number of para-hydroxylation sites is 2. The van der Waals surface area contributed by atoms with Crippen LogP contribution in [0.2, 0.25) is 0 Å². The lowest BCUT2D eigenvalue weighted by Gasteiger charge is -2.31. The number of ether oxygens (including phenoxy) is 1. The highest BCUT2D eigenvalue weighted by Gasteiger charge is 2.27. The number of amides is 2. The van der Waals surface area contributed by atoms with E-state index in [1.165, 1.54) is 5.56 Å². The Morgan fingerprint density at radius 2 is 1.54 bits per heavy atom. The molecule has 4 nitrogen and oxygen atoms in total. The molecule has 0 spiro atoms. The Kier molecular flexibility index (Phi) is 5.53. The number of urea groups is 1. The molecule has 3 aromatic rings. The average molecular weight is 391 g/mol. The number of aryl methyl sites for hydroxylation is 1. The largest absolute Gasteiger partial charge is 0.492 e. The summed E-state index contributed by atoms with van der Waals surface area (Å²) in [6, 6.07) is 23.8. The molecule has 0 bridgehead atoms. The Hall–Kier alpha value is -2.92. The van der Waals surface area contributed by atoms with E-state index in [1.54, 1.807) is 16.7 Å². The van der Waals surface area contributed by atoms with Gasteiger partial charge < -0.3 is 10.1 Å². The first-order chi connectivity index (χ1) is 13.8. The second-order valence-electron chi connectivity index (χ2n) is 6.45. The van der Waals surface area contributed by atoms with E-state index in [2.05, 4.69) is 24.4 Å². The summed E-state index contributed by atoms with van der Waals surface area (Å²) in [6.45, 7) is 2.98. The van der Waals surface area contributed by atoms with Gasteiger partial charge in [-0.15, -0.1) is 0 Å². The summed E-state index contributed by atoms with van der Waals surface area (Å²) >= 11 is 1.69. The maximum absolute atomic E-state index is 13.0. The summed E-state index contributed by atoms with van der Waals surface area (Å²) < 4.78 is 5.74. The minimum absolute atomic E-state index is 0.148. The number of rotatable bonds is 5. The first-order valence-corrected chi connectivity index (χ1v) is 10.2. The predicted molar refractivity (Wildman–Crippen MR) is 114 cm³/mol. The SMILES string of the molecule is CCc1ccc(OCCNC(=O)N2c3ccccc3Sc3ccccc32)cc1. The summed E-state index contributed by atoms with van der Waals surface area (Å²) in [7, 11) is 0. The van der Waals surface area contributed by atoms with Crippen LogP contribution in [0.3, 0.4) is 0 Å². The van der Waals surface area contributed by atoms with Gasteiger partial charge >= 0.3 is 6.03 Å². The molecular weight excluding hydrogens is 368 g/mol. The van der Waals surface area contributed by atoms with E-state index in [4.69, 9.17) is 4.74 Å². The minimum atomic E-state index is -0.148. The summed E-state index contributed by atoms with van der Waals surface area (Å²) in [4.78, 5) is 16.9. The van der Waals surface area contributed by atoms with Gasteiger partial charge in [-0.25, -0.2) is 4.79 Å². The molecule has 3 aromatic carbocycles. The van der Waals surface area contributed by atoms with Gasteiger partial charge in [-0.1, -0.05) is 55.1 Å². The number of nitrogens with zero attached hydrogens (tertiary/aromatic N) is 1. The molecule has 1 N–H and O–H groups in total. The number of hydrogen-bond donors (Lipinski definition) is 1. The smallest absolute Gasteiger partial charge is 0.326 e. The van der Waals surface area contributed by atoms with Crippen molar-refractivity contribution in [2.24, 2.45) is 0 Å². The van der Waals surface area contributed by atoms with Crippen LogP contribution in [0.1, 0.15) is 12.5 Å². The normalized spacial score (nSPS) is 12.1. The zero-order chi connectivity index (χ0) is 19.3. The Morgan fingerprint density at radius 3 is 2.14 bits per heavy atom. The maximum atomic E-state index is 13.0. The molecule has 0 aromatic heterocycles. The van der Waals surface area contributed by atoms with Crippen LogP contribution < -0.4 is 15.0 Å². The van der Waals surface area contributed by atoms with E-state index >= 15 is 0 Å². The number of carbonyl (C=O) groups excluding carboxylic acids is 1. The van der Waals surface area contributed by atoms with Gasteiger partial charge in [-0.2, -0.15) is 0 Å². The lowest BCUT2D eigenvalue weighted by atomic mass is 10.2. The van der Waals surface area contributed by atoms with E-state index in [0.29, 0.717) is 13.2 Å². The third-order valence-corrected chi connectivity index (χ3v) is 5.74. The van der Waals surface area contributed by atoms with E-state index < -0.39 is 0 Å². The Bertz CT molecular complexity index is 927. The third-order valence-electron chi connectivity index (χ3n) is 4.61. The summed E-state index contributed by atoms with van der Waals surface area (Å²) in [5.41, 5.74) is 3.08. The zero-order valence-corrected chi connectivity index (χ0v) is 16.5. The molecule has 0 radical (unpaired) electrons. The second-order valence-corrected chi connectivity index (χ2v) is 7.53. The van der Waals surface area contributed by atoms with Crippen molar-refractivity contribution in [3.05, 3.63) is 78.4 Å². The molecule has 0 unspecified atom stereocenters. The Labute approximate surface area is 169 Å². The van der Waals surface area contributed by atoms with Gasteiger partial charge in [0.25, 0.3) is 0 Å². The third kappa shape index (κ3) is 3.85. The van der Waals surface area contributed by atoms with Crippen LogP contribution in [-0.2, 0) is 6.42 Å². The van der Waals surface area contributed by atoms with Crippen molar-refractivity contribution in [3.63, 3.8) is 0 Å². The van der Waals surface area contributed by atoms with Crippen molar-refractivity contribution in [2.75, 3.05) is 18.1 Å². The average Bonchev–Trinajstić information content (AvgIpc) is 2.75. The van der Waals surface area contributed by atoms with Gasteiger partial charge in [-0.05, 0) is 48.4 Å². The van der Waals surface area contributed by atoms with Crippen LogP contribution in [-0.4, -0.2) is 19.2 Å². The van der Waals surface area contributed by atoms with E-state index in [0.717, 1.165) is 33.3 Å². The number of benzene rings is 3. The molecule has 4 rings (SSSR count). The molecule has 28 heavy (non-hydrogen) atoms. The minimum Gasteiger partial charge on any atom is -0.492 e. The van der Waals surface area contributed by atoms with Crippen LogP contribution in [0.4, 0.5) is 16.2 Å². The summed E-state index contributed by atoms with van der Waals surface area (Å²) in [5, 5.41) is 2.98. The molecule has 2 amide bonds. The number of hydrogen-bond acceptors (Lipinski definition) is 3. The molecule has 1 aliphatic heterocycles. The predicted octanol–water partition coefficient (Wildman–Crippen LogP) is 5.64. The fourth-order valence-corrected chi connectivity index (χ4v) is 4.21.